The molecule has 1 aromatic heterocycles. The molecule has 1 aliphatic carbocycles. The number of fused-ring (bicyclic) bond motifs is 1. The van der Waals surface area contributed by atoms with Gasteiger partial charge in [-0.15, -0.1) is 12.4 Å². The second-order valence-corrected chi connectivity index (χ2v) is 7.41. The average molecular weight is 354 g/mol. The molecule has 1 fully saturated rings. The summed E-state index contributed by atoms with van der Waals surface area (Å²) in [5.74, 6) is -0.327. The Hall–Kier alpha value is -1.66. The molecular formula is C17H24ClN3O3. The van der Waals surface area contributed by atoms with Gasteiger partial charge >= 0.3 is 0 Å². The van der Waals surface area contributed by atoms with E-state index in [1.54, 1.807) is 11.9 Å². The van der Waals surface area contributed by atoms with Crippen LogP contribution in [-0.4, -0.2) is 47.8 Å². The summed E-state index contributed by atoms with van der Waals surface area (Å²) in [4.78, 5) is 41.7. The molecular weight excluding hydrogens is 330 g/mol. The number of hydrogen-bond acceptors (Lipinski definition) is 4. The zero-order valence-corrected chi connectivity index (χ0v) is 15.1. The number of Topliss-reactive ketones (excluding diaryl/α,β-unsaturated/α-hetero) is 1. The standard InChI is InChI=1S/C17H23N3O3.ClH/c1-17(2)7-13-11(14(21)8-17)6-12(15(22)19-13)16(23)20(3)10-4-5-18-9-10;/h6,10,18H,4-5,7-9H2,1-3H3,(H,19,22);1H. The number of aromatic nitrogens is 1. The van der Waals surface area contributed by atoms with E-state index in [9.17, 15) is 14.4 Å². The van der Waals surface area contributed by atoms with E-state index in [-0.39, 0.29) is 41.1 Å². The summed E-state index contributed by atoms with van der Waals surface area (Å²) in [7, 11) is 1.71. The zero-order chi connectivity index (χ0) is 16.8. The minimum atomic E-state index is -0.406. The second kappa shape index (κ2) is 6.69. The number of ketones is 1. The van der Waals surface area contributed by atoms with Gasteiger partial charge in [0.25, 0.3) is 11.5 Å². The Labute approximate surface area is 147 Å². The maximum absolute atomic E-state index is 12.6. The van der Waals surface area contributed by atoms with Gasteiger partial charge in [0, 0.05) is 37.3 Å². The van der Waals surface area contributed by atoms with E-state index < -0.39 is 5.56 Å². The summed E-state index contributed by atoms with van der Waals surface area (Å²) in [5.41, 5.74) is 0.636. The summed E-state index contributed by atoms with van der Waals surface area (Å²) in [5, 5.41) is 3.21. The summed E-state index contributed by atoms with van der Waals surface area (Å²) >= 11 is 0. The molecule has 0 spiro atoms. The molecule has 24 heavy (non-hydrogen) atoms. The Balaban J connectivity index is 0.00000208. The van der Waals surface area contributed by atoms with Crippen molar-refractivity contribution in [3.63, 3.8) is 0 Å². The number of nitrogens with zero attached hydrogens (tertiary/aromatic N) is 1. The highest BCUT2D eigenvalue weighted by molar-refractivity contribution is 6.02. The summed E-state index contributed by atoms with van der Waals surface area (Å²) in [6.45, 7) is 5.62. The van der Waals surface area contributed by atoms with Crippen LogP contribution in [-0.2, 0) is 6.42 Å². The molecule has 2 heterocycles. The number of likely N-dealkylation sites (N-methyl/N-ethyl adjacent to an activating group) is 1. The minimum Gasteiger partial charge on any atom is -0.337 e. The van der Waals surface area contributed by atoms with Crippen LogP contribution < -0.4 is 10.9 Å². The SMILES string of the molecule is CN(C(=O)c1cc2c([nH]c1=O)CC(C)(C)CC2=O)C1CCNC1.Cl. The molecule has 1 saturated heterocycles. The molecule has 2 N–H and O–H groups in total. The van der Waals surface area contributed by atoms with Crippen LogP contribution >= 0.6 is 12.4 Å². The van der Waals surface area contributed by atoms with Crippen molar-refractivity contribution in [2.75, 3.05) is 20.1 Å². The minimum absolute atomic E-state index is 0. The van der Waals surface area contributed by atoms with E-state index in [1.165, 1.54) is 6.07 Å². The molecule has 0 radical (unpaired) electrons. The maximum atomic E-state index is 12.6. The van der Waals surface area contributed by atoms with Crippen LogP contribution in [0.3, 0.4) is 0 Å². The lowest BCUT2D eigenvalue weighted by atomic mass is 9.75. The van der Waals surface area contributed by atoms with Gasteiger partial charge in [-0.2, -0.15) is 0 Å². The monoisotopic (exact) mass is 353 g/mol. The normalized spacial score (nSPS) is 21.8. The van der Waals surface area contributed by atoms with Gasteiger partial charge in [0.2, 0.25) is 0 Å². The molecule has 1 unspecified atom stereocenters. The number of H-pyrrole nitrogens is 1. The maximum Gasteiger partial charge on any atom is 0.261 e. The number of hydrogen-bond donors (Lipinski definition) is 2. The number of halogens is 1. The smallest absolute Gasteiger partial charge is 0.261 e. The molecule has 0 aromatic carbocycles. The van der Waals surface area contributed by atoms with Crippen molar-refractivity contribution in [3.8, 4) is 0 Å². The second-order valence-electron chi connectivity index (χ2n) is 7.41. The average Bonchev–Trinajstić information content (AvgIpc) is 2.98. The van der Waals surface area contributed by atoms with Gasteiger partial charge < -0.3 is 15.2 Å². The predicted octanol–water partition coefficient (Wildman–Crippen LogP) is 1.39. The van der Waals surface area contributed by atoms with Crippen molar-refractivity contribution in [1.29, 1.82) is 0 Å². The van der Waals surface area contributed by atoms with Crippen LogP contribution in [0.1, 0.15) is 53.1 Å². The van der Waals surface area contributed by atoms with E-state index in [2.05, 4.69) is 10.3 Å². The van der Waals surface area contributed by atoms with Crippen molar-refractivity contribution in [2.45, 2.75) is 39.2 Å². The lowest BCUT2D eigenvalue weighted by Crippen LogP contribution is -2.41. The Morgan fingerprint density at radius 1 is 1.29 bits per heavy atom. The van der Waals surface area contributed by atoms with Crippen LogP contribution in [0.25, 0.3) is 0 Å². The molecule has 0 bridgehead atoms. The number of rotatable bonds is 2. The fraction of sp³-hybridized carbons (Fsp3) is 0.588. The Morgan fingerprint density at radius 2 is 2.00 bits per heavy atom. The van der Waals surface area contributed by atoms with E-state index in [1.807, 2.05) is 13.8 Å². The topological polar surface area (TPSA) is 82.3 Å². The first-order valence-corrected chi connectivity index (χ1v) is 8.06. The molecule has 132 valence electrons. The third-order valence-electron chi connectivity index (χ3n) is 4.85. The van der Waals surface area contributed by atoms with Gasteiger partial charge in [-0.25, -0.2) is 0 Å². The molecule has 0 saturated carbocycles. The van der Waals surface area contributed by atoms with Crippen LogP contribution in [0, 0.1) is 5.41 Å². The molecule has 1 amide bonds. The number of pyridine rings is 1. The predicted molar refractivity (Wildman–Crippen MR) is 94.1 cm³/mol. The third kappa shape index (κ3) is 3.39. The molecule has 6 nitrogen and oxygen atoms in total. The van der Waals surface area contributed by atoms with E-state index in [0.29, 0.717) is 24.1 Å². The number of amides is 1. The van der Waals surface area contributed by atoms with E-state index in [0.717, 1.165) is 19.5 Å². The Morgan fingerprint density at radius 3 is 2.62 bits per heavy atom. The van der Waals surface area contributed by atoms with Crippen LogP contribution in [0.2, 0.25) is 0 Å². The first-order valence-electron chi connectivity index (χ1n) is 8.06. The Kier molecular flexibility index (Phi) is 5.20. The quantitative estimate of drug-likeness (QED) is 0.841. The van der Waals surface area contributed by atoms with Crippen LogP contribution in [0.5, 0.6) is 0 Å². The fourth-order valence-electron chi connectivity index (χ4n) is 3.51. The van der Waals surface area contributed by atoms with Crippen molar-refractivity contribution in [3.05, 3.63) is 33.2 Å². The van der Waals surface area contributed by atoms with Gasteiger partial charge in [-0.05, 0) is 30.9 Å². The zero-order valence-electron chi connectivity index (χ0n) is 14.3. The number of aromatic amines is 1. The molecule has 1 aromatic rings. The molecule has 1 atom stereocenters. The highest BCUT2D eigenvalue weighted by Crippen LogP contribution is 2.33. The molecule has 2 aliphatic rings. The first kappa shape index (κ1) is 18.7. The number of carbonyl (C=O) groups is 2. The lowest BCUT2D eigenvalue weighted by Gasteiger charge is -2.30. The van der Waals surface area contributed by atoms with Crippen molar-refractivity contribution >= 4 is 24.1 Å². The van der Waals surface area contributed by atoms with Gasteiger partial charge in [-0.3, -0.25) is 14.4 Å². The van der Waals surface area contributed by atoms with Crippen molar-refractivity contribution in [1.82, 2.24) is 15.2 Å². The van der Waals surface area contributed by atoms with Crippen molar-refractivity contribution < 1.29 is 9.59 Å². The van der Waals surface area contributed by atoms with Gasteiger partial charge in [0.15, 0.2) is 5.78 Å². The molecule has 7 heteroatoms. The van der Waals surface area contributed by atoms with Gasteiger partial charge in [-0.1, -0.05) is 13.8 Å². The summed E-state index contributed by atoms with van der Waals surface area (Å²) < 4.78 is 0. The number of nitrogens with one attached hydrogen (secondary N) is 2. The van der Waals surface area contributed by atoms with Gasteiger partial charge in [0.1, 0.15) is 5.56 Å². The van der Waals surface area contributed by atoms with Crippen LogP contribution in [0.15, 0.2) is 10.9 Å². The highest BCUT2D eigenvalue weighted by Gasteiger charge is 2.33. The first-order chi connectivity index (χ1) is 10.8. The van der Waals surface area contributed by atoms with Crippen LogP contribution in [0.4, 0.5) is 0 Å². The van der Waals surface area contributed by atoms with E-state index >= 15 is 0 Å². The largest absolute Gasteiger partial charge is 0.337 e. The number of carbonyl (C=O) groups excluding carboxylic acids is 2. The fourth-order valence-corrected chi connectivity index (χ4v) is 3.51. The lowest BCUT2D eigenvalue weighted by molar-refractivity contribution is 0.0742. The highest BCUT2D eigenvalue weighted by atomic mass is 35.5. The van der Waals surface area contributed by atoms with Gasteiger partial charge in [0.05, 0.1) is 0 Å². The Bertz CT molecular complexity index is 720. The van der Waals surface area contributed by atoms with Crippen molar-refractivity contribution in [2.24, 2.45) is 5.41 Å². The summed E-state index contributed by atoms with van der Waals surface area (Å²) in [6, 6.07) is 1.58. The summed E-state index contributed by atoms with van der Waals surface area (Å²) in [6.07, 6.45) is 1.94. The molecule has 3 rings (SSSR count). The third-order valence-corrected chi connectivity index (χ3v) is 4.85. The molecule has 1 aliphatic heterocycles. The van der Waals surface area contributed by atoms with E-state index in [4.69, 9.17) is 0 Å².